The second-order valence-electron chi connectivity index (χ2n) is 9.97. The number of rotatable bonds is 7. The van der Waals surface area contributed by atoms with Gasteiger partial charge in [0.15, 0.2) is 5.78 Å². The van der Waals surface area contributed by atoms with Crippen LogP contribution >= 0.6 is 22.9 Å². The molecule has 0 radical (unpaired) electrons. The van der Waals surface area contributed by atoms with Crippen molar-refractivity contribution in [1.82, 2.24) is 0 Å². The highest BCUT2D eigenvalue weighted by molar-refractivity contribution is 7.10. The number of anilines is 1. The molecule has 2 heterocycles. The average Bonchev–Trinajstić information content (AvgIpc) is 3.50. The Morgan fingerprint density at radius 1 is 1.07 bits per heavy atom. The molecule has 7 nitrogen and oxygen atoms in total. The first-order valence-corrected chi connectivity index (χ1v) is 14.9. The fraction of sp³-hybridized carbons (Fsp3) is 0.281. The van der Waals surface area contributed by atoms with Crippen LogP contribution < -0.4 is 10.6 Å². The monoisotopic (exact) mass is 608 g/mol. The Labute approximate surface area is 252 Å². The van der Waals surface area contributed by atoms with Crippen molar-refractivity contribution in [2.24, 2.45) is 11.7 Å². The minimum Gasteiger partial charge on any atom is -0.465 e. The summed E-state index contributed by atoms with van der Waals surface area (Å²) in [5, 5.41) is 2.33. The summed E-state index contributed by atoms with van der Waals surface area (Å²) in [6.07, 6.45) is 0.193. The van der Waals surface area contributed by atoms with Gasteiger partial charge in [0.25, 0.3) is 0 Å². The topological polar surface area (TPSA) is 98.9 Å². The van der Waals surface area contributed by atoms with Gasteiger partial charge >= 0.3 is 11.9 Å². The number of esters is 2. The fourth-order valence-electron chi connectivity index (χ4n) is 5.84. The van der Waals surface area contributed by atoms with Crippen LogP contribution in [0, 0.1) is 18.7 Å². The molecular formula is C32H30ClFN2O5S. The van der Waals surface area contributed by atoms with E-state index in [9.17, 15) is 14.4 Å². The van der Waals surface area contributed by atoms with Gasteiger partial charge in [-0.2, -0.15) is 0 Å². The Kier molecular flexibility index (Phi) is 8.52. The zero-order valence-corrected chi connectivity index (χ0v) is 24.9. The fourth-order valence-corrected chi connectivity index (χ4v) is 6.88. The van der Waals surface area contributed by atoms with Gasteiger partial charge in [-0.3, -0.25) is 14.5 Å². The highest BCUT2D eigenvalue weighted by atomic mass is 35.5. The van der Waals surface area contributed by atoms with Gasteiger partial charge in [0.1, 0.15) is 17.6 Å². The number of carbonyl (C=O) groups excluding carboxylic acids is 3. The Bertz CT molecular complexity index is 1620. The second kappa shape index (κ2) is 12.1. The summed E-state index contributed by atoms with van der Waals surface area (Å²) in [4.78, 5) is 44.2. The number of nitrogens with zero attached hydrogens (tertiary/aromatic N) is 1. The summed E-state index contributed by atoms with van der Waals surface area (Å²) in [5.41, 5.74) is 8.60. The largest absolute Gasteiger partial charge is 0.465 e. The number of benzene rings is 2. The van der Waals surface area contributed by atoms with Crippen molar-refractivity contribution in [1.29, 1.82) is 0 Å². The Balaban J connectivity index is 1.86. The number of ketones is 1. The standard InChI is InChI=1S/C32H30ClFN2O5S/c1-4-40-31(38)26-19(24-14-9-15-42-24)16-23-27(29(26)37)25(18-10-6-7-12-21(18)34)28(32(39)41-5-2)30(35)36(23)22-13-8-11-20(33)17(22)3/h6-15,19,25-26H,4-5,16,35H2,1-3H3/t19-,25+,26-/m1/s1. The van der Waals surface area contributed by atoms with Crippen LogP contribution in [-0.2, 0) is 23.9 Å². The molecule has 1 aromatic heterocycles. The third-order valence-electron chi connectivity index (χ3n) is 7.68. The third kappa shape index (κ3) is 5.01. The smallest absolute Gasteiger partial charge is 0.338 e. The molecule has 0 spiro atoms. The summed E-state index contributed by atoms with van der Waals surface area (Å²) in [7, 11) is 0. The van der Waals surface area contributed by atoms with Crippen LogP contribution in [0.1, 0.15) is 48.1 Å². The zero-order valence-electron chi connectivity index (χ0n) is 23.4. The Hall–Kier alpha value is -3.95. The molecule has 1 aliphatic carbocycles. The summed E-state index contributed by atoms with van der Waals surface area (Å²) >= 11 is 7.95. The number of Topliss-reactive ketones (excluding diaryl/α,β-unsaturated/α-hetero) is 1. The molecule has 2 aromatic carbocycles. The molecule has 3 atom stereocenters. The van der Waals surface area contributed by atoms with Crippen LogP contribution in [0.4, 0.5) is 10.1 Å². The SMILES string of the molecule is CCOC(=O)C1=C(N)N(c2cccc(Cl)c2C)C2=C(C(=O)[C@H](C(=O)OCC)[C@@H](c3cccs3)C2)[C@@H]1c1ccccc1F. The van der Waals surface area contributed by atoms with Crippen LogP contribution in [0.25, 0.3) is 0 Å². The normalized spacial score (nSPS) is 20.5. The summed E-state index contributed by atoms with van der Waals surface area (Å²) in [5.74, 6) is -5.65. The van der Waals surface area contributed by atoms with Crippen LogP contribution in [0.2, 0.25) is 5.02 Å². The minimum atomic E-state index is -1.22. The maximum absolute atomic E-state index is 15.6. The van der Waals surface area contributed by atoms with E-state index in [-0.39, 0.29) is 42.2 Å². The summed E-state index contributed by atoms with van der Waals surface area (Å²) in [6.45, 7) is 5.23. The lowest BCUT2D eigenvalue weighted by atomic mass is 9.68. The predicted molar refractivity (Wildman–Crippen MR) is 159 cm³/mol. The van der Waals surface area contributed by atoms with Gasteiger partial charge in [-0.1, -0.05) is 41.9 Å². The number of hydrogen-bond acceptors (Lipinski definition) is 8. The van der Waals surface area contributed by atoms with Crippen LogP contribution in [-0.4, -0.2) is 30.9 Å². The molecule has 0 bridgehead atoms. The van der Waals surface area contributed by atoms with Crippen molar-refractivity contribution in [2.45, 2.75) is 39.0 Å². The molecule has 2 N–H and O–H groups in total. The van der Waals surface area contributed by atoms with E-state index in [0.717, 1.165) is 4.88 Å². The van der Waals surface area contributed by atoms with E-state index in [2.05, 4.69) is 0 Å². The molecule has 0 saturated carbocycles. The minimum absolute atomic E-state index is 0.00173. The van der Waals surface area contributed by atoms with Gasteiger partial charge in [-0.25, -0.2) is 9.18 Å². The predicted octanol–water partition coefficient (Wildman–Crippen LogP) is 6.38. The number of thiophene rings is 1. The molecule has 0 amide bonds. The van der Waals surface area contributed by atoms with Crippen LogP contribution in [0.5, 0.6) is 0 Å². The molecule has 3 aromatic rings. The van der Waals surface area contributed by atoms with E-state index in [1.165, 1.54) is 29.5 Å². The van der Waals surface area contributed by atoms with Crippen LogP contribution in [0.15, 0.2) is 82.6 Å². The van der Waals surface area contributed by atoms with E-state index in [0.29, 0.717) is 22.0 Å². The quantitative estimate of drug-likeness (QED) is 0.246. The Morgan fingerprint density at radius 3 is 2.48 bits per heavy atom. The highest BCUT2D eigenvalue weighted by Gasteiger charge is 2.52. The molecule has 0 unspecified atom stereocenters. The summed E-state index contributed by atoms with van der Waals surface area (Å²) in [6, 6.07) is 14.9. The number of halogens is 2. The third-order valence-corrected chi connectivity index (χ3v) is 9.09. The number of ether oxygens (including phenoxy) is 2. The first kappa shape index (κ1) is 29.5. The lowest BCUT2D eigenvalue weighted by Gasteiger charge is -2.44. The number of carbonyl (C=O) groups is 3. The van der Waals surface area contributed by atoms with Gasteiger partial charge < -0.3 is 15.2 Å². The molecule has 10 heteroatoms. The van der Waals surface area contributed by atoms with Crippen molar-refractivity contribution in [3.05, 3.63) is 109 Å². The molecule has 2 aliphatic rings. The van der Waals surface area contributed by atoms with E-state index in [1.54, 1.807) is 49.9 Å². The maximum atomic E-state index is 15.6. The van der Waals surface area contributed by atoms with Gasteiger partial charge in [0, 0.05) is 32.7 Å². The van der Waals surface area contributed by atoms with E-state index >= 15 is 4.39 Å². The number of hydrogen-bond donors (Lipinski definition) is 1. The van der Waals surface area contributed by atoms with Gasteiger partial charge in [0.05, 0.1) is 30.4 Å². The lowest BCUT2D eigenvalue weighted by Crippen LogP contribution is -2.46. The first-order valence-electron chi connectivity index (χ1n) is 13.6. The van der Waals surface area contributed by atoms with Crippen molar-refractivity contribution in [3.8, 4) is 0 Å². The molecule has 0 saturated heterocycles. The Morgan fingerprint density at radius 2 is 1.81 bits per heavy atom. The van der Waals surface area contributed by atoms with Crippen molar-refractivity contribution < 1.29 is 28.2 Å². The number of nitrogens with two attached hydrogens (primary N) is 1. The maximum Gasteiger partial charge on any atom is 0.338 e. The highest BCUT2D eigenvalue weighted by Crippen LogP contribution is 2.53. The molecule has 0 fully saturated rings. The molecule has 5 rings (SSSR count). The van der Waals surface area contributed by atoms with E-state index < -0.39 is 41.3 Å². The van der Waals surface area contributed by atoms with E-state index in [1.807, 2.05) is 17.5 Å². The zero-order chi connectivity index (χ0) is 30.1. The molecule has 1 aliphatic heterocycles. The molecule has 42 heavy (non-hydrogen) atoms. The molecule has 218 valence electrons. The first-order chi connectivity index (χ1) is 20.2. The van der Waals surface area contributed by atoms with E-state index in [4.69, 9.17) is 26.8 Å². The van der Waals surface area contributed by atoms with Crippen LogP contribution in [0.3, 0.4) is 0 Å². The van der Waals surface area contributed by atoms with Gasteiger partial charge in [-0.15, -0.1) is 11.3 Å². The van der Waals surface area contributed by atoms with Crippen molar-refractivity contribution in [3.63, 3.8) is 0 Å². The van der Waals surface area contributed by atoms with Crippen molar-refractivity contribution >= 4 is 46.3 Å². The second-order valence-corrected chi connectivity index (χ2v) is 11.4. The van der Waals surface area contributed by atoms with Gasteiger partial charge in [-0.05, 0) is 62.4 Å². The summed E-state index contributed by atoms with van der Waals surface area (Å²) < 4.78 is 26.4. The number of allylic oxidation sites excluding steroid dienone is 2. The average molecular weight is 609 g/mol. The molecular weight excluding hydrogens is 579 g/mol. The lowest BCUT2D eigenvalue weighted by molar-refractivity contribution is -0.152. The van der Waals surface area contributed by atoms with Crippen molar-refractivity contribution in [2.75, 3.05) is 18.1 Å². The van der Waals surface area contributed by atoms with Gasteiger partial charge in [0.2, 0.25) is 0 Å².